The van der Waals surface area contributed by atoms with Crippen molar-refractivity contribution in [3.8, 4) is 5.69 Å². The van der Waals surface area contributed by atoms with Crippen LogP contribution in [0.1, 0.15) is 5.56 Å². The molecule has 0 radical (unpaired) electrons. The first-order chi connectivity index (χ1) is 13.3. The van der Waals surface area contributed by atoms with Crippen LogP contribution in [0.3, 0.4) is 0 Å². The van der Waals surface area contributed by atoms with Gasteiger partial charge in [-0.25, -0.2) is 9.67 Å². The molecule has 0 bridgehead atoms. The van der Waals surface area contributed by atoms with Crippen LogP contribution in [0.4, 0.5) is 11.4 Å². The third-order valence-corrected chi connectivity index (χ3v) is 5.23. The molecule has 134 valence electrons. The Morgan fingerprint density at radius 3 is 2.56 bits per heavy atom. The van der Waals surface area contributed by atoms with E-state index in [9.17, 15) is 0 Å². The molecule has 5 nitrogen and oxygen atoms in total. The largest absolute Gasteiger partial charge is 0.340 e. The first kappa shape index (κ1) is 16.0. The number of benzene rings is 3. The van der Waals surface area contributed by atoms with Crippen molar-refractivity contribution in [3.05, 3.63) is 78.9 Å². The van der Waals surface area contributed by atoms with Gasteiger partial charge >= 0.3 is 0 Å². The van der Waals surface area contributed by atoms with Crippen LogP contribution >= 0.6 is 0 Å². The van der Waals surface area contributed by atoms with E-state index < -0.39 is 0 Å². The van der Waals surface area contributed by atoms with Gasteiger partial charge in [-0.3, -0.25) is 0 Å². The number of hydrogen-bond donors (Lipinski definition) is 0. The number of rotatable bonds is 2. The molecule has 0 atom stereocenters. The number of anilines is 2. The van der Waals surface area contributed by atoms with Gasteiger partial charge in [-0.05, 0) is 47.6 Å². The van der Waals surface area contributed by atoms with Crippen LogP contribution in [0, 0.1) is 0 Å². The Kier molecular flexibility index (Phi) is 3.87. The lowest BCUT2D eigenvalue weighted by Crippen LogP contribution is -2.26. The van der Waals surface area contributed by atoms with Crippen molar-refractivity contribution in [3.63, 3.8) is 0 Å². The number of likely N-dealkylation sites (N-methyl/N-ethyl adjacent to an activating group) is 1. The van der Waals surface area contributed by atoms with E-state index in [1.165, 1.54) is 27.7 Å². The number of nitrogens with zero attached hydrogens (tertiary/aromatic N) is 5. The van der Waals surface area contributed by atoms with Crippen molar-refractivity contribution < 1.29 is 0 Å². The normalized spacial score (nSPS) is 14.9. The Balaban J connectivity index is 1.64. The predicted molar refractivity (Wildman–Crippen MR) is 109 cm³/mol. The van der Waals surface area contributed by atoms with Gasteiger partial charge in [0, 0.05) is 31.0 Å². The molecule has 0 saturated heterocycles. The van der Waals surface area contributed by atoms with Gasteiger partial charge in [0.1, 0.15) is 12.7 Å². The van der Waals surface area contributed by atoms with Crippen molar-refractivity contribution >= 4 is 22.1 Å². The highest BCUT2D eigenvalue weighted by atomic mass is 15.3. The third kappa shape index (κ3) is 2.96. The second-order valence-corrected chi connectivity index (χ2v) is 7.07. The summed E-state index contributed by atoms with van der Waals surface area (Å²) in [6, 6.07) is 21.8. The van der Waals surface area contributed by atoms with E-state index in [1.54, 1.807) is 12.7 Å². The van der Waals surface area contributed by atoms with Gasteiger partial charge in [0.25, 0.3) is 0 Å². The van der Waals surface area contributed by atoms with Gasteiger partial charge in [0.05, 0.1) is 5.69 Å². The summed E-state index contributed by atoms with van der Waals surface area (Å²) in [7, 11) is 2.18. The first-order valence-electron chi connectivity index (χ1n) is 9.21. The molecule has 4 aromatic rings. The van der Waals surface area contributed by atoms with Crippen LogP contribution in [0.25, 0.3) is 16.5 Å². The molecule has 3 aromatic carbocycles. The summed E-state index contributed by atoms with van der Waals surface area (Å²) in [4.78, 5) is 8.87. The lowest BCUT2D eigenvalue weighted by Gasteiger charge is -2.26. The molecule has 1 aliphatic heterocycles. The minimum atomic E-state index is 0.942. The van der Waals surface area contributed by atoms with Gasteiger partial charge < -0.3 is 9.80 Å². The predicted octanol–water partition coefficient (Wildman–Crippen LogP) is 4.00. The SMILES string of the molecule is CN1CCN(c2ccc3ccccc3c2)c2cc(-n3cncn3)ccc2C1. The smallest absolute Gasteiger partial charge is 0.138 e. The van der Waals surface area contributed by atoms with Crippen LogP contribution in [0.15, 0.2) is 73.3 Å². The van der Waals surface area contributed by atoms with Gasteiger partial charge in [-0.2, -0.15) is 5.10 Å². The van der Waals surface area contributed by atoms with Gasteiger partial charge in [0.15, 0.2) is 0 Å². The molecule has 1 aliphatic rings. The zero-order chi connectivity index (χ0) is 18.2. The lowest BCUT2D eigenvalue weighted by molar-refractivity contribution is 0.343. The maximum absolute atomic E-state index is 4.29. The quantitative estimate of drug-likeness (QED) is 0.545. The molecule has 0 saturated carbocycles. The highest BCUT2D eigenvalue weighted by Gasteiger charge is 2.20. The fourth-order valence-corrected chi connectivity index (χ4v) is 3.80. The van der Waals surface area contributed by atoms with E-state index in [-0.39, 0.29) is 0 Å². The summed E-state index contributed by atoms with van der Waals surface area (Å²) in [6.45, 7) is 2.90. The molecule has 27 heavy (non-hydrogen) atoms. The Hall–Kier alpha value is -3.18. The van der Waals surface area contributed by atoms with Crippen molar-refractivity contribution in [2.45, 2.75) is 6.54 Å². The van der Waals surface area contributed by atoms with Crippen molar-refractivity contribution in [1.82, 2.24) is 19.7 Å². The summed E-state index contributed by atoms with van der Waals surface area (Å²) in [5, 5.41) is 6.82. The van der Waals surface area contributed by atoms with E-state index >= 15 is 0 Å². The Bertz CT molecular complexity index is 1090. The average molecular weight is 355 g/mol. The third-order valence-electron chi connectivity index (χ3n) is 5.23. The molecule has 2 heterocycles. The zero-order valence-corrected chi connectivity index (χ0v) is 15.3. The van der Waals surface area contributed by atoms with Gasteiger partial charge in [-0.15, -0.1) is 0 Å². The molecular weight excluding hydrogens is 334 g/mol. The molecule has 5 heteroatoms. The van der Waals surface area contributed by atoms with Gasteiger partial charge in [0.2, 0.25) is 0 Å². The monoisotopic (exact) mass is 355 g/mol. The van der Waals surface area contributed by atoms with E-state index in [4.69, 9.17) is 0 Å². The van der Waals surface area contributed by atoms with Crippen molar-refractivity contribution in [2.24, 2.45) is 0 Å². The topological polar surface area (TPSA) is 37.2 Å². The molecule has 0 amide bonds. The summed E-state index contributed by atoms with van der Waals surface area (Å²) in [6.07, 6.45) is 3.31. The maximum Gasteiger partial charge on any atom is 0.138 e. The summed E-state index contributed by atoms with van der Waals surface area (Å²) in [5.41, 5.74) is 4.82. The molecule has 5 rings (SSSR count). The van der Waals surface area contributed by atoms with Gasteiger partial charge in [-0.1, -0.05) is 36.4 Å². The van der Waals surface area contributed by atoms with E-state index in [2.05, 4.69) is 87.6 Å². The number of fused-ring (bicyclic) bond motifs is 2. The molecular formula is C22H21N5. The lowest BCUT2D eigenvalue weighted by atomic mass is 10.1. The number of hydrogen-bond acceptors (Lipinski definition) is 4. The summed E-state index contributed by atoms with van der Waals surface area (Å²) in [5.74, 6) is 0. The fraction of sp³-hybridized carbons (Fsp3) is 0.182. The maximum atomic E-state index is 4.29. The second-order valence-electron chi connectivity index (χ2n) is 7.07. The van der Waals surface area contributed by atoms with Crippen LogP contribution in [0.2, 0.25) is 0 Å². The highest BCUT2D eigenvalue weighted by molar-refractivity contribution is 5.87. The Morgan fingerprint density at radius 2 is 1.70 bits per heavy atom. The zero-order valence-electron chi connectivity index (χ0n) is 15.3. The van der Waals surface area contributed by atoms with E-state index in [0.29, 0.717) is 0 Å². The fourth-order valence-electron chi connectivity index (χ4n) is 3.80. The van der Waals surface area contributed by atoms with E-state index in [0.717, 1.165) is 25.3 Å². The van der Waals surface area contributed by atoms with Crippen LogP contribution < -0.4 is 4.90 Å². The van der Waals surface area contributed by atoms with Crippen molar-refractivity contribution in [2.75, 3.05) is 25.0 Å². The molecule has 0 unspecified atom stereocenters. The molecule has 0 aliphatic carbocycles. The average Bonchev–Trinajstić information content (AvgIpc) is 3.18. The van der Waals surface area contributed by atoms with E-state index in [1.807, 2.05) is 4.68 Å². The van der Waals surface area contributed by atoms with Crippen LogP contribution in [-0.4, -0.2) is 39.8 Å². The summed E-state index contributed by atoms with van der Waals surface area (Å²) >= 11 is 0. The molecule has 0 N–H and O–H groups in total. The molecule has 0 fully saturated rings. The Labute approximate surface area is 158 Å². The molecule has 1 aromatic heterocycles. The van der Waals surface area contributed by atoms with Crippen LogP contribution in [-0.2, 0) is 6.54 Å². The van der Waals surface area contributed by atoms with Crippen LogP contribution in [0.5, 0.6) is 0 Å². The minimum absolute atomic E-state index is 0.942. The highest BCUT2D eigenvalue weighted by Crippen LogP contribution is 2.34. The second kappa shape index (κ2) is 6.52. The van der Waals surface area contributed by atoms with Crippen molar-refractivity contribution in [1.29, 1.82) is 0 Å². The summed E-state index contributed by atoms with van der Waals surface area (Å²) < 4.78 is 1.81. The molecule has 0 spiro atoms. The first-order valence-corrected chi connectivity index (χ1v) is 9.21. The Morgan fingerprint density at radius 1 is 0.852 bits per heavy atom. The minimum Gasteiger partial charge on any atom is -0.340 e. The number of aromatic nitrogens is 3. The standard InChI is InChI=1S/C22H21N5/c1-25-10-11-26(20-8-6-17-4-2-3-5-18(17)12-20)22-13-21(9-7-19(22)14-25)27-16-23-15-24-27/h2-9,12-13,15-16H,10-11,14H2,1H3.